The third-order valence-electron chi connectivity index (χ3n) is 4.87. The van der Waals surface area contributed by atoms with Gasteiger partial charge in [-0.05, 0) is 43.7 Å². The van der Waals surface area contributed by atoms with Crippen LogP contribution in [0.25, 0.3) is 0 Å². The lowest BCUT2D eigenvalue weighted by Gasteiger charge is -2.29. The zero-order valence-corrected chi connectivity index (χ0v) is 17.0. The predicted molar refractivity (Wildman–Crippen MR) is 114 cm³/mol. The topological polar surface area (TPSA) is 90.3 Å². The number of ether oxygens (including phenoxy) is 2. The van der Waals surface area contributed by atoms with Crippen LogP contribution < -0.4 is 20.1 Å². The summed E-state index contributed by atoms with van der Waals surface area (Å²) in [5.74, 6) is 1.59. The minimum atomic E-state index is -0.475. The number of allylic oxidation sites excluding steroid dienone is 1. The normalized spacial score (nSPS) is 15.2. The highest BCUT2D eigenvalue weighted by atomic mass is 16.5. The van der Waals surface area contributed by atoms with E-state index in [1.807, 2.05) is 62.4 Å². The zero-order chi connectivity index (χ0) is 21.1. The van der Waals surface area contributed by atoms with Gasteiger partial charge < -0.3 is 20.1 Å². The minimum absolute atomic E-state index is 0.217. The van der Waals surface area contributed by atoms with Crippen LogP contribution in [0.1, 0.15) is 25.5 Å². The number of nitrogens with one attached hydrogen (secondary N) is 2. The van der Waals surface area contributed by atoms with Crippen molar-refractivity contribution in [2.45, 2.75) is 19.9 Å². The van der Waals surface area contributed by atoms with E-state index in [2.05, 4.69) is 20.7 Å². The van der Waals surface area contributed by atoms with Gasteiger partial charge in [-0.3, -0.25) is 4.79 Å². The van der Waals surface area contributed by atoms with Crippen molar-refractivity contribution < 1.29 is 14.3 Å². The lowest BCUT2D eigenvalue weighted by atomic mass is 9.94. The number of amides is 1. The standard InChI is InChI=1S/C22H23N5O3/c1-4-30-17-11-10-15(12-18(17)29-3)20-19(14(2)25-22-23-13-24-27(20)22)21(28)26-16-8-6-5-7-9-16/h5-13,20H,4H2,1-3H3,(H,26,28)(H,23,24,25)/t20-/m0/s1. The van der Waals surface area contributed by atoms with Gasteiger partial charge in [-0.2, -0.15) is 10.1 Å². The molecule has 1 aliphatic heterocycles. The summed E-state index contributed by atoms with van der Waals surface area (Å²) in [6, 6.07) is 14.5. The maximum Gasteiger partial charge on any atom is 0.255 e. The molecule has 154 valence electrons. The molecular formula is C22H23N5O3. The van der Waals surface area contributed by atoms with Crippen LogP contribution in [0.2, 0.25) is 0 Å². The number of nitrogens with zero attached hydrogens (tertiary/aromatic N) is 3. The molecule has 0 radical (unpaired) electrons. The summed E-state index contributed by atoms with van der Waals surface area (Å²) < 4.78 is 12.8. The number of methoxy groups -OCH3 is 1. The van der Waals surface area contributed by atoms with Crippen LogP contribution in [0, 0.1) is 0 Å². The number of carbonyl (C=O) groups is 1. The second-order valence-electron chi connectivity index (χ2n) is 6.76. The highest BCUT2D eigenvalue weighted by Crippen LogP contribution is 2.38. The smallest absolute Gasteiger partial charge is 0.255 e. The van der Waals surface area contributed by atoms with Crippen molar-refractivity contribution >= 4 is 17.5 Å². The van der Waals surface area contributed by atoms with Crippen LogP contribution in [0.5, 0.6) is 11.5 Å². The molecule has 2 heterocycles. The van der Waals surface area contributed by atoms with E-state index in [0.717, 1.165) is 11.3 Å². The fourth-order valence-corrected chi connectivity index (χ4v) is 3.54. The van der Waals surface area contributed by atoms with Gasteiger partial charge in [0.25, 0.3) is 5.91 Å². The fraction of sp³-hybridized carbons (Fsp3) is 0.227. The number of rotatable bonds is 6. The van der Waals surface area contributed by atoms with Crippen molar-refractivity contribution in [3.8, 4) is 11.5 Å². The van der Waals surface area contributed by atoms with Crippen molar-refractivity contribution in [1.82, 2.24) is 14.8 Å². The first-order valence-corrected chi connectivity index (χ1v) is 9.66. The molecule has 30 heavy (non-hydrogen) atoms. The number of hydrogen-bond acceptors (Lipinski definition) is 6. The Hall–Kier alpha value is -3.81. The molecule has 0 aliphatic carbocycles. The van der Waals surface area contributed by atoms with Crippen molar-refractivity contribution in [2.75, 3.05) is 24.4 Å². The Morgan fingerprint density at radius 3 is 2.73 bits per heavy atom. The Morgan fingerprint density at radius 1 is 1.20 bits per heavy atom. The number of aromatic nitrogens is 3. The largest absolute Gasteiger partial charge is 0.493 e. The molecule has 1 aromatic heterocycles. The van der Waals surface area contributed by atoms with Gasteiger partial charge in [-0.15, -0.1) is 0 Å². The molecule has 0 bridgehead atoms. The first kappa shape index (κ1) is 19.5. The Balaban J connectivity index is 1.78. The lowest BCUT2D eigenvalue weighted by Crippen LogP contribution is -2.31. The molecule has 1 aliphatic rings. The summed E-state index contributed by atoms with van der Waals surface area (Å²) in [5.41, 5.74) is 2.81. The summed E-state index contributed by atoms with van der Waals surface area (Å²) in [6.07, 6.45) is 1.46. The van der Waals surface area contributed by atoms with E-state index in [4.69, 9.17) is 9.47 Å². The van der Waals surface area contributed by atoms with E-state index in [0.29, 0.717) is 35.3 Å². The average molecular weight is 405 g/mol. The summed E-state index contributed by atoms with van der Waals surface area (Å²) in [6.45, 7) is 4.30. The third-order valence-corrected chi connectivity index (χ3v) is 4.87. The highest BCUT2D eigenvalue weighted by Gasteiger charge is 2.34. The molecule has 1 atom stereocenters. The number of benzene rings is 2. The van der Waals surface area contributed by atoms with Crippen molar-refractivity contribution in [3.63, 3.8) is 0 Å². The van der Waals surface area contributed by atoms with Gasteiger partial charge in [-0.1, -0.05) is 24.3 Å². The maximum absolute atomic E-state index is 13.3. The van der Waals surface area contributed by atoms with Crippen LogP contribution in [0.4, 0.5) is 11.6 Å². The molecule has 0 fully saturated rings. The third kappa shape index (κ3) is 3.59. The molecule has 0 spiro atoms. The van der Waals surface area contributed by atoms with E-state index in [9.17, 15) is 4.79 Å². The average Bonchev–Trinajstić information content (AvgIpc) is 3.22. The highest BCUT2D eigenvalue weighted by molar-refractivity contribution is 6.06. The molecule has 8 nitrogen and oxygen atoms in total. The van der Waals surface area contributed by atoms with Crippen LogP contribution in [-0.4, -0.2) is 34.4 Å². The minimum Gasteiger partial charge on any atom is -0.493 e. The molecule has 3 aromatic rings. The summed E-state index contributed by atoms with van der Waals surface area (Å²) in [5, 5.41) is 10.5. The fourth-order valence-electron chi connectivity index (χ4n) is 3.54. The van der Waals surface area contributed by atoms with Gasteiger partial charge in [0.15, 0.2) is 11.5 Å². The number of anilines is 2. The molecular weight excluding hydrogens is 382 g/mol. The first-order valence-electron chi connectivity index (χ1n) is 9.66. The van der Waals surface area contributed by atoms with Gasteiger partial charge in [0.1, 0.15) is 12.4 Å². The van der Waals surface area contributed by atoms with Crippen molar-refractivity contribution in [3.05, 3.63) is 71.7 Å². The van der Waals surface area contributed by atoms with Crippen molar-refractivity contribution in [1.29, 1.82) is 0 Å². The SMILES string of the molecule is CCOc1ccc([C@H]2C(C(=O)Nc3ccccc3)=C(C)Nc3ncnn32)cc1OC. The lowest BCUT2D eigenvalue weighted by molar-refractivity contribution is -0.113. The summed E-state index contributed by atoms with van der Waals surface area (Å²) >= 11 is 0. The van der Waals surface area contributed by atoms with Gasteiger partial charge in [0.05, 0.1) is 19.3 Å². The van der Waals surface area contributed by atoms with Crippen molar-refractivity contribution in [2.24, 2.45) is 0 Å². The molecule has 0 unspecified atom stereocenters. The van der Waals surface area contributed by atoms with Gasteiger partial charge in [-0.25, -0.2) is 4.68 Å². The molecule has 0 saturated carbocycles. The number of carbonyl (C=O) groups excluding carboxylic acids is 1. The van der Waals surface area contributed by atoms with E-state index < -0.39 is 6.04 Å². The monoisotopic (exact) mass is 405 g/mol. The Morgan fingerprint density at radius 2 is 2.00 bits per heavy atom. The number of fused-ring (bicyclic) bond motifs is 1. The summed E-state index contributed by atoms with van der Waals surface area (Å²) in [7, 11) is 1.59. The van der Waals surface area contributed by atoms with Gasteiger partial charge in [0, 0.05) is 11.4 Å². The molecule has 2 aromatic carbocycles. The molecule has 2 N–H and O–H groups in total. The Labute approximate surface area is 174 Å². The molecule has 8 heteroatoms. The van der Waals surface area contributed by atoms with E-state index >= 15 is 0 Å². The van der Waals surface area contributed by atoms with Gasteiger partial charge in [0.2, 0.25) is 5.95 Å². The quantitative estimate of drug-likeness (QED) is 0.651. The van der Waals surface area contributed by atoms with Crippen LogP contribution in [-0.2, 0) is 4.79 Å². The number of para-hydroxylation sites is 1. The first-order chi connectivity index (χ1) is 14.6. The summed E-state index contributed by atoms with van der Waals surface area (Å²) in [4.78, 5) is 17.6. The molecule has 4 rings (SSSR count). The second kappa shape index (κ2) is 8.28. The Kier molecular flexibility index (Phi) is 5.38. The van der Waals surface area contributed by atoms with E-state index in [-0.39, 0.29) is 5.91 Å². The van der Waals surface area contributed by atoms with E-state index in [1.165, 1.54) is 6.33 Å². The Bertz CT molecular complexity index is 1090. The predicted octanol–water partition coefficient (Wildman–Crippen LogP) is 3.61. The van der Waals surface area contributed by atoms with Crippen LogP contribution in [0.3, 0.4) is 0 Å². The number of hydrogen-bond donors (Lipinski definition) is 2. The van der Waals surface area contributed by atoms with Crippen LogP contribution >= 0.6 is 0 Å². The second-order valence-corrected chi connectivity index (χ2v) is 6.76. The van der Waals surface area contributed by atoms with Gasteiger partial charge >= 0.3 is 0 Å². The van der Waals surface area contributed by atoms with Crippen LogP contribution in [0.15, 0.2) is 66.1 Å². The molecule has 0 saturated heterocycles. The zero-order valence-electron chi connectivity index (χ0n) is 17.0. The van der Waals surface area contributed by atoms with E-state index in [1.54, 1.807) is 11.8 Å². The molecule has 1 amide bonds. The maximum atomic E-state index is 13.3.